The molecule has 8 heteroatoms. The largest absolute Gasteiger partial charge is 0.357 e. The van der Waals surface area contributed by atoms with Crippen LogP contribution in [0.5, 0.6) is 0 Å². The van der Waals surface area contributed by atoms with Crippen LogP contribution in [0, 0.1) is 0 Å². The Morgan fingerprint density at radius 1 is 1.29 bits per heavy atom. The van der Waals surface area contributed by atoms with E-state index in [-0.39, 0.29) is 24.0 Å². The Morgan fingerprint density at radius 2 is 1.90 bits per heavy atom. The summed E-state index contributed by atoms with van der Waals surface area (Å²) in [5.41, 5.74) is 0. The van der Waals surface area contributed by atoms with Gasteiger partial charge in [-0.25, -0.2) is 12.7 Å². The fraction of sp³-hybridized carbons (Fsp3) is 0.923. The molecule has 6 nitrogen and oxygen atoms in total. The van der Waals surface area contributed by atoms with Crippen LogP contribution in [0.25, 0.3) is 0 Å². The summed E-state index contributed by atoms with van der Waals surface area (Å²) in [5, 5.41) is 6.49. The molecule has 21 heavy (non-hydrogen) atoms. The number of rotatable bonds is 9. The van der Waals surface area contributed by atoms with E-state index in [0.29, 0.717) is 25.7 Å². The number of aliphatic imine (C=N–C) groups is 1. The number of sulfonamides is 1. The number of halogens is 1. The highest BCUT2D eigenvalue weighted by atomic mass is 127. The third-order valence-electron chi connectivity index (χ3n) is 3.00. The molecule has 1 atom stereocenters. The quantitative estimate of drug-likeness (QED) is 0.251. The minimum absolute atomic E-state index is 0. The molecule has 0 fully saturated rings. The van der Waals surface area contributed by atoms with Crippen molar-refractivity contribution in [2.45, 2.75) is 46.6 Å². The first-order valence-corrected chi connectivity index (χ1v) is 9.19. The molecule has 0 aliphatic heterocycles. The molecule has 0 rings (SSSR count). The third kappa shape index (κ3) is 11.2. The van der Waals surface area contributed by atoms with E-state index in [1.54, 1.807) is 0 Å². The highest BCUT2D eigenvalue weighted by molar-refractivity contribution is 14.0. The Kier molecular flexibility index (Phi) is 13.7. The molecular weight excluding hydrogens is 403 g/mol. The Morgan fingerprint density at radius 3 is 2.33 bits per heavy atom. The van der Waals surface area contributed by atoms with E-state index in [0.717, 1.165) is 25.3 Å². The Bertz CT molecular complexity index is 388. The Hall–Kier alpha value is -0.0900. The van der Waals surface area contributed by atoms with Crippen molar-refractivity contribution in [3.63, 3.8) is 0 Å². The zero-order valence-electron chi connectivity index (χ0n) is 13.8. The van der Waals surface area contributed by atoms with Gasteiger partial charge in [-0.3, -0.25) is 4.99 Å². The van der Waals surface area contributed by atoms with Crippen LogP contribution < -0.4 is 10.6 Å². The SMILES string of the molecule is CCNC(=NCCCN(CC)S(C)(=O)=O)NC(C)CC.I. The Labute approximate surface area is 147 Å². The lowest BCUT2D eigenvalue weighted by molar-refractivity contribution is 0.427. The second-order valence-electron chi connectivity index (χ2n) is 4.82. The van der Waals surface area contributed by atoms with Crippen LogP contribution in [-0.4, -0.2) is 57.2 Å². The van der Waals surface area contributed by atoms with Gasteiger partial charge in [0.1, 0.15) is 0 Å². The lowest BCUT2D eigenvalue weighted by atomic mass is 10.3. The van der Waals surface area contributed by atoms with Gasteiger partial charge in [-0.15, -0.1) is 24.0 Å². The summed E-state index contributed by atoms with van der Waals surface area (Å²) >= 11 is 0. The number of nitrogens with zero attached hydrogens (tertiary/aromatic N) is 2. The van der Waals surface area contributed by atoms with Crippen molar-refractivity contribution in [1.82, 2.24) is 14.9 Å². The maximum absolute atomic E-state index is 11.4. The first-order chi connectivity index (χ1) is 9.35. The highest BCUT2D eigenvalue weighted by Crippen LogP contribution is 1.99. The van der Waals surface area contributed by atoms with E-state index in [4.69, 9.17) is 0 Å². The summed E-state index contributed by atoms with van der Waals surface area (Å²) in [6.07, 6.45) is 2.99. The van der Waals surface area contributed by atoms with E-state index in [2.05, 4.69) is 29.5 Å². The van der Waals surface area contributed by atoms with Gasteiger partial charge in [-0.05, 0) is 26.7 Å². The van der Waals surface area contributed by atoms with Crippen molar-refractivity contribution in [2.24, 2.45) is 4.99 Å². The van der Waals surface area contributed by atoms with Gasteiger partial charge < -0.3 is 10.6 Å². The second-order valence-corrected chi connectivity index (χ2v) is 6.80. The van der Waals surface area contributed by atoms with Crippen molar-refractivity contribution in [1.29, 1.82) is 0 Å². The fourth-order valence-corrected chi connectivity index (χ4v) is 2.58. The van der Waals surface area contributed by atoms with Gasteiger partial charge in [0.05, 0.1) is 6.26 Å². The van der Waals surface area contributed by atoms with Gasteiger partial charge in [-0.2, -0.15) is 0 Å². The summed E-state index contributed by atoms with van der Waals surface area (Å²) < 4.78 is 24.4. The van der Waals surface area contributed by atoms with E-state index in [1.165, 1.54) is 10.6 Å². The molecule has 0 spiro atoms. The van der Waals surface area contributed by atoms with Crippen molar-refractivity contribution >= 4 is 40.0 Å². The summed E-state index contributed by atoms with van der Waals surface area (Å²) in [4.78, 5) is 4.46. The van der Waals surface area contributed by atoms with Crippen LogP contribution >= 0.6 is 24.0 Å². The first-order valence-electron chi connectivity index (χ1n) is 7.35. The molecule has 0 aromatic rings. The second kappa shape index (κ2) is 12.5. The van der Waals surface area contributed by atoms with Gasteiger partial charge >= 0.3 is 0 Å². The average Bonchev–Trinajstić information content (AvgIpc) is 2.37. The molecule has 0 aliphatic carbocycles. The predicted octanol–water partition coefficient (Wildman–Crippen LogP) is 1.63. The molecule has 0 amide bonds. The van der Waals surface area contributed by atoms with Crippen LogP contribution in [0.3, 0.4) is 0 Å². The molecule has 128 valence electrons. The van der Waals surface area contributed by atoms with Gasteiger partial charge in [-0.1, -0.05) is 13.8 Å². The van der Waals surface area contributed by atoms with Crippen molar-refractivity contribution in [3.05, 3.63) is 0 Å². The molecular formula is C13H31IN4O2S. The predicted molar refractivity (Wildman–Crippen MR) is 101 cm³/mol. The normalized spacial score (nSPS) is 13.7. The van der Waals surface area contributed by atoms with Crippen molar-refractivity contribution < 1.29 is 8.42 Å². The lowest BCUT2D eigenvalue weighted by Gasteiger charge is -2.18. The average molecular weight is 434 g/mol. The zero-order chi connectivity index (χ0) is 15.6. The van der Waals surface area contributed by atoms with E-state index >= 15 is 0 Å². The van der Waals surface area contributed by atoms with E-state index < -0.39 is 10.0 Å². The summed E-state index contributed by atoms with van der Waals surface area (Å²) in [7, 11) is -3.10. The van der Waals surface area contributed by atoms with Crippen molar-refractivity contribution in [3.8, 4) is 0 Å². The fourth-order valence-electron chi connectivity index (χ4n) is 1.65. The molecule has 0 saturated heterocycles. The first kappa shape index (κ1) is 23.2. The zero-order valence-corrected chi connectivity index (χ0v) is 17.0. The van der Waals surface area contributed by atoms with Gasteiger partial charge in [0, 0.05) is 32.2 Å². The third-order valence-corrected chi connectivity index (χ3v) is 4.38. The van der Waals surface area contributed by atoms with Gasteiger partial charge in [0.15, 0.2) is 5.96 Å². The minimum Gasteiger partial charge on any atom is -0.357 e. The van der Waals surface area contributed by atoms with E-state index in [1.807, 2.05) is 13.8 Å². The number of nitrogens with one attached hydrogen (secondary N) is 2. The minimum atomic E-state index is -3.10. The van der Waals surface area contributed by atoms with Crippen LogP contribution in [0.1, 0.15) is 40.5 Å². The smallest absolute Gasteiger partial charge is 0.211 e. The number of guanidine groups is 1. The molecule has 0 radical (unpaired) electrons. The summed E-state index contributed by atoms with van der Waals surface area (Å²) in [5.74, 6) is 0.796. The molecule has 0 aromatic heterocycles. The topological polar surface area (TPSA) is 73.8 Å². The lowest BCUT2D eigenvalue weighted by Crippen LogP contribution is -2.42. The molecule has 2 N–H and O–H groups in total. The summed E-state index contributed by atoms with van der Waals surface area (Å²) in [6, 6.07) is 0.371. The monoisotopic (exact) mass is 434 g/mol. The number of hydrogen-bond acceptors (Lipinski definition) is 3. The van der Waals surface area contributed by atoms with Gasteiger partial charge in [0.25, 0.3) is 0 Å². The molecule has 0 aromatic carbocycles. The standard InChI is InChI=1S/C13H30N4O2S.HI/c1-6-12(4)16-13(14-7-2)15-10-9-11-17(8-3)20(5,18)19;/h12H,6-11H2,1-5H3,(H2,14,15,16);1H. The van der Waals surface area contributed by atoms with Crippen LogP contribution in [-0.2, 0) is 10.0 Å². The molecule has 1 unspecified atom stereocenters. The maximum Gasteiger partial charge on any atom is 0.211 e. The Balaban J connectivity index is 0. The van der Waals surface area contributed by atoms with Gasteiger partial charge in [0.2, 0.25) is 10.0 Å². The van der Waals surface area contributed by atoms with Crippen LogP contribution in [0.15, 0.2) is 4.99 Å². The highest BCUT2D eigenvalue weighted by Gasteiger charge is 2.13. The van der Waals surface area contributed by atoms with E-state index in [9.17, 15) is 8.42 Å². The number of hydrogen-bond donors (Lipinski definition) is 2. The molecule has 0 bridgehead atoms. The maximum atomic E-state index is 11.4. The van der Waals surface area contributed by atoms with Crippen LogP contribution in [0.2, 0.25) is 0 Å². The molecule has 0 aliphatic rings. The molecule has 0 saturated carbocycles. The molecule has 0 heterocycles. The summed E-state index contributed by atoms with van der Waals surface area (Å²) in [6.45, 7) is 10.5. The van der Waals surface area contributed by atoms with Crippen LogP contribution in [0.4, 0.5) is 0 Å². The van der Waals surface area contributed by atoms with Crippen molar-refractivity contribution in [2.75, 3.05) is 32.4 Å².